The van der Waals surface area contributed by atoms with Gasteiger partial charge in [-0.2, -0.15) is 8.42 Å². The Morgan fingerprint density at radius 3 is 1.27 bits per heavy atom. The van der Waals surface area contributed by atoms with Crippen molar-refractivity contribution in [1.82, 2.24) is 0 Å². The molecular weight excluding hydrogens is 625 g/mol. The fourth-order valence-corrected chi connectivity index (χ4v) is 17.6. The maximum atomic E-state index is 13.5. The van der Waals surface area contributed by atoms with E-state index < -0.39 is 10.4 Å². The minimum absolute atomic E-state index is 0.233. The van der Waals surface area contributed by atoms with E-state index in [1.54, 1.807) is 0 Å². The highest BCUT2D eigenvalue weighted by Crippen LogP contribution is 2.70. The fourth-order valence-electron chi connectivity index (χ4n) is 16.6. The first kappa shape index (κ1) is 35.4. The van der Waals surface area contributed by atoms with E-state index in [9.17, 15) is 8.42 Å². The smallest absolute Gasteiger partial charge is 0.245 e. The lowest BCUT2D eigenvalue weighted by molar-refractivity contribution is -0.127. The van der Waals surface area contributed by atoms with Crippen molar-refractivity contribution in [2.45, 2.75) is 169 Å². The standard InChI is InChI=1S/C44H70O4S/c1-27(2)35-13-15-37-33-11-9-29-25-31(17-21-41(29,5)39(33)19-23-43(35,37)7)47-49(45,46)48-32-18-22-42(6)30(26-32)10-12-34-38-16-14-36(28(3)4)44(38,8)24-20-40(34)42/h29-40H,1,3,9-26H2,2,4-8H3/t29-,30-,31-,32-,33+,34+,35-,36-,37+,38+,39+,40+,41+,42+,43-,44-/m1/s1. The number of fused-ring (bicyclic) bond motifs is 10. The molecule has 0 N–H and O–H groups in total. The van der Waals surface area contributed by atoms with Crippen molar-refractivity contribution in [3.8, 4) is 0 Å². The van der Waals surface area contributed by atoms with E-state index in [-0.39, 0.29) is 12.2 Å². The molecule has 0 unspecified atom stereocenters. The number of rotatable bonds is 6. The van der Waals surface area contributed by atoms with Crippen molar-refractivity contribution in [3.05, 3.63) is 24.3 Å². The average Bonchev–Trinajstić information content (AvgIpc) is 3.58. The van der Waals surface area contributed by atoms with Crippen LogP contribution in [0.1, 0.15) is 157 Å². The van der Waals surface area contributed by atoms with Gasteiger partial charge >= 0.3 is 10.4 Å². The zero-order chi connectivity index (χ0) is 34.7. The van der Waals surface area contributed by atoms with Crippen molar-refractivity contribution < 1.29 is 16.8 Å². The number of allylic oxidation sites excluding steroid dienone is 2. The summed E-state index contributed by atoms with van der Waals surface area (Å²) in [6.07, 6.45) is 20.9. The maximum Gasteiger partial charge on any atom is 0.400 e. The van der Waals surface area contributed by atoms with Gasteiger partial charge in [-0.25, -0.2) is 8.37 Å². The fraction of sp³-hybridized carbons (Fsp3) is 0.909. The van der Waals surface area contributed by atoms with Gasteiger partial charge in [0.15, 0.2) is 0 Å². The van der Waals surface area contributed by atoms with Gasteiger partial charge in [-0.15, -0.1) is 0 Å². The second-order valence-corrected chi connectivity index (χ2v) is 22.0. The van der Waals surface area contributed by atoms with Crippen LogP contribution in [0, 0.1) is 80.8 Å². The molecule has 16 atom stereocenters. The first-order chi connectivity index (χ1) is 23.1. The van der Waals surface area contributed by atoms with Gasteiger partial charge in [0.25, 0.3) is 0 Å². The molecule has 4 nitrogen and oxygen atoms in total. The van der Waals surface area contributed by atoms with Crippen LogP contribution in [0.4, 0.5) is 0 Å². The van der Waals surface area contributed by atoms with Gasteiger partial charge in [0.1, 0.15) is 0 Å². The Hall–Kier alpha value is -0.650. The largest absolute Gasteiger partial charge is 0.400 e. The zero-order valence-electron chi connectivity index (χ0n) is 32.1. The molecule has 0 heterocycles. The average molecular weight is 695 g/mol. The summed E-state index contributed by atoms with van der Waals surface area (Å²) < 4.78 is 39.1. The van der Waals surface area contributed by atoms with E-state index in [1.807, 2.05) is 0 Å². The Morgan fingerprint density at radius 2 is 0.878 bits per heavy atom. The molecule has 8 fully saturated rings. The van der Waals surface area contributed by atoms with E-state index in [2.05, 4.69) is 54.7 Å². The second-order valence-electron chi connectivity index (χ2n) is 20.7. The van der Waals surface area contributed by atoms with Gasteiger partial charge in [0.05, 0.1) is 12.2 Å². The highest BCUT2D eigenvalue weighted by Gasteiger charge is 2.62. The third-order valence-electron chi connectivity index (χ3n) is 18.9. The van der Waals surface area contributed by atoms with Gasteiger partial charge in [-0.05, 0) is 210 Å². The Bertz CT molecular complexity index is 1340. The molecule has 0 spiro atoms. The van der Waals surface area contributed by atoms with Crippen molar-refractivity contribution in [1.29, 1.82) is 0 Å². The molecule has 8 aliphatic rings. The maximum absolute atomic E-state index is 13.5. The molecule has 49 heavy (non-hydrogen) atoms. The summed E-state index contributed by atoms with van der Waals surface area (Å²) in [6.45, 7) is 23.6. The van der Waals surface area contributed by atoms with E-state index in [4.69, 9.17) is 8.37 Å². The molecule has 0 aromatic rings. The van der Waals surface area contributed by atoms with Crippen LogP contribution in [0.5, 0.6) is 0 Å². The first-order valence-corrected chi connectivity index (χ1v) is 22.3. The van der Waals surface area contributed by atoms with Crippen LogP contribution >= 0.6 is 0 Å². The van der Waals surface area contributed by atoms with Crippen LogP contribution in [0.25, 0.3) is 0 Å². The van der Waals surface area contributed by atoms with E-state index in [0.29, 0.717) is 45.3 Å². The lowest BCUT2D eigenvalue weighted by atomic mass is 9.44. The third kappa shape index (κ3) is 5.48. The van der Waals surface area contributed by atoms with Crippen molar-refractivity contribution in [2.75, 3.05) is 0 Å². The molecule has 0 aliphatic heterocycles. The molecule has 276 valence electrons. The van der Waals surface area contributed by atoms with Crippen molar-refractivity contribution in [3.63, 3.8) is 0 Å². The Balaban J connectivity index is 0.870. The molecule has 0 aromatic heterocycles. The predicted octanol–water partition coefficient (Wildman–Crippen LogP) is 11.5. The summed E-state index contributed by atoms with van der Waals surface area (Å²) in [7, 11) is -4.03. The van der Waals surface area contributed by atoms with Gasteiger partial charge in [-0.1, -0.05) is 52.0 Å². The van der Waals surface area contributed by atoms with Crippen LogP contribution in [-0.2, 0) is 18.8 Å². The molecule has 8 aliphatic carbocycles. The van der Waals surface area contributed by atoms with Crippen LogP contribution in [-0.4, -0.2) is 20.6 Å². The Kier molecular flexibility index (Phi) is 8.80. The van der Waals surface area contributed by atoms with Crippen LogP contribution in [0.3, 0.4) is 0 Å². The summed E-state index contributed by atoms with van der Waals surface area (Å²) in [6, 6.07) is 0. The SMILES string of the molecule is C=C(C)[C@H]1CC[C@H]2[C@@H]3CC[C@@H]4C[C@H](OS(=O)(=O)O[C@@H]5CC[C@@]6(C)[C@H](CC[C@@H]7[C@@H]6CC[C@]6(C)[C@@H](C(=C)C)CC[C@@H]76)C5)CC[C@]4(C)[C@H]3CC[C@]12C. The molecule has 0 aromatic carbocycles. The second kappa shape index (κ2) is 12.2. The lowest BCUT2D eigenvalue weighted by Gasteiger charge is -2.61. The molecule has 0 radical (unpaired) electrons. The van der Waals surface area contributed by atoms with Gasteiger partial charge in [-0.3, -0.25) is 0 Å². The first-order valence-electron chi connectivity index (χ1n) is 21.0. The van der Waals surface area contributed by atoms with E-state index in [1.165, 1.54) is 88.2 Å². The highest BCUT2D eigenvalue weighted by molar-refractivity contribution is 7.81. The monoisotopic (exact) mass is 694 g/mol. The Morgan fingerprint density at radius 1 is 0.510 bits per heavy atom. The third-order valence-corrected chi connectivity index (χ3v) is 19.9. The van der Waals surface area contributed by atoms with Crippen LogP contribution < -0.4 is 0 Å². The quantitative estimate of drug-likeness (QED) is 0.260. The van der Waals surface area contributed by atoms with Crippen molar-refractivity contribution >= 4 is 10.4 Å². The van der Waals surface area contributed by atoms with Gasteiger partial charge < -0.3 is 0 Å². The minimum atomic E-state index is -4.03. The molecule has 0 amide bonds. The van der Waals surface area contributed by atoms with E-state index >= 15 is 0 Å². The van der Waals surface area contributed by atoms with E-state index in [0.717, 1.165) is 74.0 Å². The summed E-state index contributed by atoms with van der Waals surface area (Å²) >= 11 is 0. The topological polar surface area (TPSA) is 52.6 Å². The van der Waals surface area contributed by atoms with Crippen LogP contribution in [0.2, 0.25) is 0 Å². The molecular formula is C44H70O4S. The zero-order valence-corrected chi connectivity index (χ0v) is 32.9. The van der Waals surface area contributed by atoms with Gasteiger partial charge in [0.2, 0.25) is 0 Å². The highest BCUT2D eigenvalue weighted by atomic mass is 32.3. The summed E-state index contributed by atoms with van der Waals surface area (Å²) in [4.78, 5) is 0. The lowest BCUT2D eigenvalue weighted by Crippen LogP contribution is -2.54. The molecule has 0 saturated heterocycles. The minimum Gasteiger partial charge on any atom is -0.245 e. The summed E-state index contributed by atoms with van der Waals surface area (Å²) in [5.74, 6) is 7.34. The van der Waals surface area contributed by atoms with Crippen LogP contribution in [0.15, 0.2) is 24.3 Å². The summed E-state index contributed by atoms with van der Waals surface area (Å²) in [5, 5.41) is 0. The molecule has 0 bridgehead atoms. The predicted molar refractivity (Wildman–Crippen MR) is 199 cm³/mol. The number of hydrogen-bond donors (Lipinski definition) is 0. The molecule has 5 heteroatoms. The molecule has 8 rings (SSSR count). The number of hydrogen-bond acceptors (Lipinski definition) is 4. The normalized spacial score (nSPS) is 53.7. The summed E-state index contributed by atoms with van der Waals surface area (Å²) in [5.41, 5.74) is 4.28. The Labute approximate surface area is 300 Å². The van der Waals surface area contributed by atoms with Crippen molar-refractivity contribution in [2.24, 2.45) is 80.8 Å². The molecule has 8 saturated carbocycles. The van der Waals surface area contributed by atoms with Gasteiger partial charge in [0, 0.05) is 0 Å².